The molecule has 0 atom stereocenters. The topological polar surface area (TPSA) is 53.3 Å². The van der Waals surface area contributed by atoms with Gasteiger partial charge in [-0.3, -0.25) is 0 Å². The summed E-state index contributed by atoms with van der Waals surface area (Å²) >= 11 is 0. The van der Waals surface area contributed by atoms with Crippen molar-refractivity contribution in [3.63, 3.8) is 0 Å². The van der Waals surface area contributed by atoms with Gasteiger partial charge in [-0.25, -0.2) is 9.48 Å². The first-order valence-corrected chi connectivity index (χ1v) is 6.46. The van der Waals surface area contributed by atoms with Crippen LogP contribution in [0.15, 0.2) is 24.3 Å². The summed E-state index contributed by atoms with van der Waals surface area (Å²) in [6.45, 7) is 5.87. The van der Waals surface area contributed by atoms with E-state index in [2.05, 4.69) is 5.10 Å². The van der Waals surface area contributed by atoms with Gasteiger partial charge in [0, 0.05) is 5.56 Å². The minimum Gasteiger partial charge on any atom is -0.497 e. The zero-order valence-electron chi connectivity index (χ0n) is 12.1. The molecule has 0 spiro atoms. The van der Waals surface area contributed by atoms with Crippen molar-refractivity contribution < 1.29 is 14.3 Å². The lowest BCUT2D eigenvalue weighted by molar-refractivity contribution is 0.0515. The third-order valence-corrected chi connectivity index (χ3v) is 3.15. The van der Waals surface area contributed by atoms with Crippen molar-refractivity contribution in [3.05, 3.63) is 41.2 Å². The second kappa shape index (κ2) is 5.77. The van der Waals surface area contributed by atoms with E-state index >= 15 is 0 Å². The standard InChI is InChI=1S/C15H18N2O3/c1-5-20-15(18)14-10(2)11(3)16-17(14)12-6-8-13(19-4)9-7-12/h6-9H,5H2,1-4H3. The van der Waals surface area contributed by atoms with Crippen LogP contribution in [-0.2, 0) is 4.74 Å². The van der Waals surface area contributed by atoms with E-state index in [1.807, 2.05) is 38.1 Å². The van der Waals surface area contributed by atoms with Crippen LogP contribution in [0.5, 0.6) is 5.75 Å². The lowest BCUT2D eigenvalue weighted by atomic mass is 10.2. The normalized spacial score (nSPS) is 10.4. The van der Waals surface area contributed by atoms with Gasteiger partial charge in [-0.2, -0.15) is 5.10 Å². The summed E-state index contributed by atoms with van der Waals surface area (Å²) in [7, 11) is 1.61. The van der Waals surface area contributed by atoms with Crippen molar-refractivity contribution in [1.29, 1.82) is 0 Å². The summed E-state index contributed by atoms with van der Waals surface area (Å²) in [4.78, 5) is 12.1. The van der Waals surface area contributed by atoms with Crippen LogP contribution in [0.25, 0.3) is 5.69 Å². The molecule has 5 heteroatoms. The van der Waals surface area contributed by atoms with E-state index in [9.17, 15) is 4.79 Å². The number of ether oxygens (including phenoxy) is 2. The molecule has 1 aromatic carbocycles. The molecule has 0 saturated carbocycles. The molecule has 1 heterocycles. The Labute approximate surface area is 118 Å². The molecule has 0 aliphatic heterocycles. The molecule has 0 N–H and O–H groups in total. The number of hydrogen-bond acceptors (Lipinski definition) is 4. The fourth-order valence-electron chi connectivity index (χ4n) is 1.95. The molecule has 0 bridgehead atoms. The average Bonchev–Trinajstić information content (AvgIpc) is 2.75. The van der Waals surface area contributed by atoms with E-state index in [1.165, 1.54) is 0 Å². The molecular weight excluding hydrogens is 256 g/mol. The van der Waals surface area contributed by atoms with Crippen molar-refractivity contribution in [2.45, 2.75) is 20.8 Å². The number of rotatable bonds is 4. The Hall–Kier alpha value is -2.30. The number of carbonyl (C=O) groups excluding carboxylic acids is 1. The lowest BCUT2D eigenvalue weighted by Gasteiger charge is -2.08. The lowest BCUT2D eigenvalue weighted by Crippen LogP contribution is -2.13. The fourth-order valence-corrected chi connectivity index (χ4v) is 1.95. The molecule has 0 aliphatic rings. The number of esters is 1. The molecule has 0 saturated heterocycles. The Morgan fingerprint density at radius 2 is 1.90 bits per heavy atom. The van der Waals surface area contributed by atoms with Crippen molar-refractivity contribution in [1.82, 2.24) is 9.78 Å². The first-order chi connectivity index (χ1) is 9.58. The summed E-state index contributed by atoms with van der Waals surface area (Å²) in [5, 5.41) is 4.41. The van der Waals surface area contributed by atoms with Crippen LogP contribution in [0.2, 0.25) is 0 Å². The van der Waals surface area contributed by atoms with Crippen LogP contribution in [0.4, 0.5) is 0 Å². The highest BCUT2D eigenvalue weighted by Gasteiger charge is 2.20. The van der Waals surface area contributed by atoms with Gasteiger partial charge in [-0.1, -0.05) is 0 Å². The first-order valence-electron chi connectivity index (χ1n) is 6.46. The predicted molar refractivity (Wildman–Crippen MR) is 75.5 cm³/mol. The zero-order valence-corrected chi connectivity index (χ0v) is 12.1. The van der Waals surface area contributed by atoms with Crippen molar-refractivity contribution in [2.75, 3.05) is 13.7 Å². The molecule has 1 aromatic heterocycles. The smallest absolute Gasteiger partial charge is 0.357 e. The van der Waals surface area contributed by atoms with Gasteiger partial charge in [-0.05, 0) is 45.0 Å². The van der Waals surface area contributed by atoms with Gasteiger partial charge in [0.2, 0.25) is 0 Å². The monoisotopic (exact) mass is 274 g/mol. The molecule has 0 unspecified atom stereocenters. The van der Waals surface area contributed by atoms with Gasteiger partial charge >= 0.3 is 5.97 Å². The van der Waals surface area contributed by atoms with Crippen LogP contribution in [0.1, 0.15) is 28.7 Å². The van der Waals surface area contributed by atoms with Crippen molar-refractivity contribution in [2.24, 2.45) is 0 Å². The van der Waals surface area contributed by atoms with E-state index in [-0.39, 0.29) is 5.97 Å². The Morgan fingerprint density at radius 1 is 1.25 bits per heavy atom. The van der Waals surface area contributed by atoms with Crippen LogP contribution in [0, 0.1) is 13.8 Å². The summed E-state index contributed by atoms with van der Waals surface area (Å²) in [6.07, 6.45) is 0. The maximum atomic E-state index is 12.1. The van der Waals surface area contributed by atoms with Crippen LogP contribution >= 0.6 is 0 Å². The van der Waals surface area contributed by atoms with Crippen molar-refractivity contribution in [3.8, 4) is 11.4 Å². The minimum atomic E-state index is -0.360. The Balaban J connectivity index is 2.49. The molecule has 106 valence electrons. The molecule has 5 nitrogen and oxygen atoms in total. The number of carbonyl (C=O) groups is 1. The maximum absolute atomic E-state index is 12.1. The third-order valence-electron chi connectivity index (χ3n) is 3.15. The summed E-state index contributed by atoms with van der Waals surface area (Å²) in [5.41, 5.74) is 2.91. The van der Waals surface area contributed by atoms with E-state index in [4.69, 9.17) is 9.47 Å². The Kier molecular flexibility index (Phi) is 4.08. The third kappa shape index (κ3) is 2.52. The van der Waals surface area contributed by atoms with E-state index in [1.54, 1.807) is 18.7 Å². The van der Waals surface area contributed by atoms with Gasteiger partial charge in [-0.15, -0.1) is 0 Å². The molecule has 20 heavy (non-hydrogen) atoms. The van der Waals surface area contributed by atoms with E-state index in [0.29, 0.717) is 12.3 Å². The van der Waals surface area contributed by atoms with Gasteiger partial charge < -0.3 is 9.47 Å². The summed E-state index contributed by atoms with van der Waals surface area (Å²) in [6, 6.07) is 7.37. The Morgan fingerprint density at radius 3 is 2.45 bits per heavy atom. The van der Waals surface area contributed by atoms with Crippen LogP contribution < -0.4 is 4.74 Å². The number of benzene rings is 1. The molecule has 2 aromatic rings. The molecule has 0 amide bonds. The molecule has 2 rings (SSSR count). The van der Waals surface area contributed by atoms with Gasteiger partial charge in [0.05, 0.1) is 25.1 Å². The highest BCUT2D eigenvalue weighted by atomic mass is 16.5. The highest BCUT2D eigenvalue weighted by molar-refractivity contribution is 5.90. The maximum Gasteiger partial charge on any atom is 0.357 e. The first kappa shape index (κ1) is 14.1. The van der Waals surface area contributed by atoms with Gasteiger partial charge in [0.25, 0.3) is 0 Å². The predicted octanol–water partition coefficient (Wildman–Crippen LogP) is 2.67. The quantitative estimate of drug-likeness (QED) is 0.804. The number of aromatic nitrogens is 2. The van der Waals surface area contributed by atoms with Crippen molar-refractivity contribution >= 4 is 5.97 Å². The second-order valence-corrected chi connectivity index (χ2v) is 4.39. The molecule has 0 radical (unpaired) electrons. The van der Waals surface area contributed by atoms with Crippen LogP contribution in [-0.4, -0.2) is 29.5 Å². The summed E-state index contributed by atoms with van der Waals surface area (Å²) < 4.78 is 11.8. The van der Waals surface area contributed by atoms with E-state index in [0.717, 1.165) is 22.7 Å². The minimum absolute atomic E-state index is 0.338. The SMILES string of the molecule is CCOC(=O)c1c(C)c(C)nn1-c1ccc(OC)cc1. The van der Waals surface area contributed by atoms with Gasteiger partial charge in [0.15, 0.2) is 5.69 Å². The van der Waals surface area contributed by atoms with E-state index < -0.39 is 0 Å². The van der Waals surface area contributed by atoms with Crippen LogP contribution in [0.3, 0.4) is 0 Å². The average molecular weight is 274 g/mol. The Bertz CT molecular complexity index is 615. The number of hydrogen-bond donors (Lipinski definition) is 0. The zero-order chi connectivity index (χ0) is 14.7. The number of methoxy groups -OCH3 is 1. The fraction of sp³-hybridized carbons (Fsp3) is 0.333. The molecule has 0 fully saturated rings. The summed E-state index contributed by atoms with van der Waals surface area (Å²) in [5.74, 6) is 0.397. The molecular formula is C15H18N2O3. The number of aryl methyl sites for hydroxylation is 1. The molecule has 0 aliphatic carbocycles. The second-order valence-electron chi connectivity index (χ2n) is 4.39. The highest BCUT2D eigenvalue weighted by Crippen LogP contribution is 2.21. The number of nitrogens with zero attached hydrogens (tertiary/aromatic N) is 2. The van der Waals surface area contributed by atoms with Gasteiger partial charge in [0.1, 0.15) is 5.75 Å². The largest absolute Gasteiger partial charge is 0.497 e.